The van der Waals surface area contributed by atoms with Crippen molar-refractivity contribution in [3.05, 3.63) is 82.4 Å². The number of carbonyl (C=O) groups is 1. The lowest BCUT2D eigenvalue weighted by Crippen LogP contribution is -2.25. The first-order valence-electron chi connectivity index (χ1n) is 17.6. The average molecular weight is 624 g/mol. The van der Waals surface area contributed by atoms with Crippen LogP contribution in [0, 0.1) is 35.5 Å². The van der Waals surface area contributed by atoms with Gasteiger partial charge >= 0.3 is 5.97 Å². The summed E-state index contributed by atoms with van der Waals surface area (Å²) < 4.78 is 44.4. The monoisotopic (exact) mass is 623 g/mol. The molecule has 3 aromatic carbocycles. The number of carbonyl (C=O) groups excluding carboxylic acids is 1. The van der Waals surface area contributed by atoms with Gasteiger partial charge in [-0.25, -0.2) is 13.2 Å². The highest BCUT2D eigenvalue weighted by atomic mass is 32.2. The second-order valence-electron chi connectivity index (χ2n) is 15.8. The minimum atomic E-state index is -4.99. The maximum absolute atomic E-state index is 14.6. The van der Waals surface area contributed by atoms with Crippen molar-refractivity contribution < 1.29 is 22.5 Å². The second kappa shape index (κ2) is 10.7. The molecule has 0 heterocycles. The number of benzene rings is 3. The Morgan fingerprint density at radius 2 is 1.20 bits per heavy atom. The molecule has 0 spiro atoms. The Bertz CT molecular complexity index is 1730. The summed E-state index contributed by atoms with van der Waals surface area (Å²) in [7, 11) is -4.99. The van der Waals surface area contributed by atoms with Crippen LogP contribution in [0.25, 0.3) is 10.8 Å². The van der Waals surface area contributed by atoms with Gasteiger partial charge in [-0.1, -0.05) is 67.8 Å². The number of fused-ring (bicyclic) bond motifs is 7. The van der Waals surface area contributed by atoms with Crippen molar-refractivity contribution in [1.29, 1.82) is 0 Å². The van der Waals surface area contributed by atoms with Crippen LogP contribution in [0.2, 0.25) is 0 Å². The number of esters is 1. The zero-order chi connectivity index (χ0) is 30.4. The number of hydrogen-bond donors (Lipinski definition) is 0. The third-order valence-electron chi connectivity index (χ3n) is 13.4. The number of hydrogen-bond acceptors (Lipinski definition) is 5. The van der Waals surface area contributed by atoms with E-state index in [9.17, 15) is 17.8 Å². The van der Waals surface area contributed by atoms with Crippen LogP contribution in [0.3, 0.4) is 0 Å². The van der Waals surface area contributed by atoms with Crippen LogP contribution >= 0.6 is 0 Å². The topological polar surface area (TPSA) is 83.5 Å². The van der Waals surface area contributed by atoms with Gasteiger partial charge in [0, 0.05) is 5.56 Å². The predicted octanol–water partition coefficient (Wildman–Crippen LogP) is 8.95. The molecule has 6 aliphatic carbocycles. The molecule has 9 rings (SSSR count). The SMILES string of the molecule is O=C(OC(c1ccc2ccccc2c1)S(=O)(=O)[O-])c1c(C2CC3CCC2C3)cc(C2CC3CCC2C3)cc1C1CC2CCC1C2. The van der Waals surface area contributed by atoms with E-state index in [2.05, 4.69) is 12.1 Å². The van der Waals surface area contributed by atoms with Gasteiger partial charge in [-0.05, 0) is 145 Å². The van der Waals surface area contributed by atoms with Gasteiger partial charge in [-0.2, -0.15) is 0 Å². The Balaban J connectivity index is 1.17. The summed E-state index contributed by atoms with van der Waals surface area (Å²) in [6, 6.07) is 17.4. The lowest BCUT2D eigenvalue weighted by atomic mass is 9.72. The lowest BCUT2D eigenvalue weighted by molar-refractivity contribution is 0.0421. The first-order valence-corrected chi connectivity index (χ1v) is 19.1. The molecule has 236 valence electrons. The second-order valence-corrected chi connectivity index (χ2v) is 17.2. The molecular weight excluding hydrogens is 580 g/mol. The van der Waals surface area contributed by atoms with Crippen molar-refractivity contribution in [1.82, 2.24) is 0 Å². The first kappa shape index (κ1) is 28.5. The van der Waals surface area contributed by atoms with Crippen molar-refractivity contribution in [2.45, 2.75) is 100 Å². The molecule has 6 saturated carbocycles. The molecule has 0 N–H and O–H groups in total. The molecule has 6 aliphatic rings. The highest BCUT2D eigenvalue weighted by Gasteiger charge is 2.47. The molecule has 0 saturated heterocycles. The normalized spacial score (nSPS) is 35.4. The smallest absolute Gasteiger partial charge is 0.340 e. The van der Waals surface area contributed by atoms with Crippen LogP contribution in [-0.2, 0) is 14.9 Å². The van der Waals surface area contributed by atoms with Crippen LogP contribution in [0.4, 0.5) is 0 Å². The summed E-state index contributed by atoms with van der Waals surface area (Å²) in [5.41, 5.74) is 2.54. The van der Waals surface area contributed by atoms with E-state index in [1.807, 2.05) is 24.3 Å². The van der Waals surface area contributed by atoms with Crippen LogP contribution in [0.1, 0.15) is 133 Å². The molecule has 10 atom stereocenters. The molecular formula is C39H43O5S-. The minimum absolute atomic E-state index is 0.207. The van der Waals surface area contributed by atoms with E-state index >= 15 is 0 Å². The highest BCUT2D eigenvalue weighted by molar-refractivity contribution is 7.85. The van der Waals surface area contributed by atoms with E-state index in [-0.39, 0.29) is 5.56 Å². The van der Waals surface area contributed by atoms with Gasteiger partial charge in [0.2, 0.25) is 5.44 Å². The fraction of sp³-hybridized carbons (Fsp3) is 0.564. The quantitative estimate of drug-likeness (QED) is 0.194. The molecule has 10 unspecified atom stereocenters. The van der Waals surface area contributed by atoms with Crippen molar-refractivity contribution >= 4 is 26.9 Å². The molecule has 5 nitrogen and oxygen atoms in total. The molecule has 6 fully saturated rings. The van der Waals surface area contributed by atoms with Crippen molar-refractivity contribution in [2.75, 3.05) is 0 Å². The average Bonchev–Trinajstić information content (AvgIpc) is 3.90. The molecule has 3 aromatic rings. The fourth-order valence-corrected chi connectivity index (χ4v) is 12.1. The van der Waals surface area contributed by atoms with Gasteiger partial charge in [0.15, 0.2) is 0 Å². The third kappa shape index (κ3) is 4.88. The molecule has 6 bridgehead atoms. The maximum Gasteiger partial charge on any atom is 0.340 e. The van der Waals surface area contributed by atoms with Gasteiger partial charge in [-0.3, -0.25) is 0 Å². The van der Waals surface area contributed by atoms with E-state index in [1.54, 1.807) is 18.2 Å². The summed E-state index contributed by atoms with van der Waals surface area (Å²) in [5, 5.41) is 1.74. The summed E-state index contributed by atoms with van der Waals surface area (Å²) in [6.07, 6.45) is 14.8. The number of ether oxygens (including phenoxy) is 1. The highest BCUT2D eigenvalue weighted by Crippen LogP contribution is 2.59. The number of rotatable bonds is 7. The maximum atomic E-state index is 14.6. The summed E-state index contributed by atoms with van der Waals surface area (Å²) in [6.45, 7) is 0. The Labute approximate surface area is 266 Å². The fourth-order valence-electron chi connectivity index (χ4n) is 11.5. The van der Waals surface area contributed by atoms with Crippen molar-refractivity contribution in [3.63, 3.8) is 0 Å². The van der Waals surface area contributed by atoms with Gasteiger partial charge in [-0.15, -0.1) is 0 Å². The third-order valence-corrected chi connectivity index (χ3v) is 14.3. The Hall–Kier alpha value is -2.70. The molecule has 0 aromatic heterocycles. The van der Waals surface area contributed by atoms with Crippen molar-refractivity contribution in [2.24, 2.45) is 35.5 Å². The molecule has 0 radical (unpaired) electrons. The van der Waals surface area contributed by atoms with Crippen LogP contribution in [-0.4, -0.2) is 18.9 Å². The molecule has 0 amide bonds. The van der Waals surface area contributed by atoms with Gasteiger partial charge < -0.3 is 9.29 Å². The van der Waals surface area contributed by atoms with E-state index < -0.39 is 21.5 Å². The van der Waals surface area contributed by atoms with Gasteiger partial charge in [0.25, 0.3) is 0 Å². The van der Waals surface area contributed by atoms with E-state index in [0.717, 1.165) is 46.6 Å². The van der Waals surface area contributed by atoms with E-state index in [4.69, 9.17) is 4.74 Å². The molecule has 6 heteroatoms. The zero-order valence-electron chi connectivity index (χ0n) is 25.9. The molecule has 45 heavy (non-hydrogen) atoms. The standard InChI is InChI=1S/C39H44O5S/c40-38(44-39(45(41,42)43)30-12-11-25-3-1-2-4-26(25)19-30)37-35(33-17-23-6-9-28(33)14-23)20-31(32-16-22-5-8-27(32)13-22)21-36(37)34-18-24-7-10-29(34)15-24/h1-4,11-12,19-24,27-29,32-34,39H,5-10,13-18H2,(H,41,42,43)/p-1. The molecule has 0 aliphatic heterocycles. The Morgan fingerprint density at radius 1 is 0.667 bits per heavy atom. The van der Waals surface area contributed by atoms with Crippen molar-refractivity contribution in [3.8, 4) is 0 Å². The summed E-state index contributed by atoms with van der Waals surface area (Å²) in [5.74, 6) is 4.60. The minimum Gasteiger partial charge on any atom is -0.745 e. The summed E-state index contributed by atoms with van der Waals surface area (Å²) >= 11 is 0. The van der Waals surface area contributed by atoms with Gasteiger partial charge in [0.05, 0.1) is 5.56 Å². The lowest BCUT2D eigenvalue weighted by Gasteiger charge is -2.33. The van der Waals surface area contributed by atoms with Crippen LogP contribution in [0.5, 0.6) is 0 Å². The van der Waals surface area contributed by atoms with Crippen LogP contribution in [0.15, 0.2) is 54.6 Å². The predicted molar refractivity (Wildman–Crippen MR) is 173 cm³/mol. The summed E-state index contributed by atoms with van der Waals surface area (Å²) in [4.78, 5) is 14.6. The zero-order valence-corrected chi connectivity index (χ0v) is 26.7. The van der Waals surface area contributed by atoms with Crippen LogP contribution < -0.4 is 0 Å². The Kier molecular flexibility index (Phi) is 6.76. The van der Waals surface area contributed by atoms with Gasteiger partial charge in [0.1, 0.15) is 10.1 Å². The Morgan fingerprint density at radius 3 is 1.69 bits per heavy atom. The van der Waals surface area contributed by atoms with E-state index in [0.29, 0.717) is 47.0 Å². The van der Waals surface area contributed by atoms with E-state index in [1.165, 1.54) is 69.8 Å². The largest absolute Gasteiger partial charge is 0.745 e. The first-order chi connectivity index (χ1) is 21.8.